The van der Waals surface area contributed by atoms with Crippen molar-refractivity contribution in [1.82, 2.24) is 10.2 Å². The second-order valence-corrected chi connectivity index (χ2v) is 4.94. The number of nitrogens with zero attached hydrogens (tertiary/aromatic N) is 1. The molecule has 0 heterocycles. The molecule has 122 valence electrons. The number of hydrogen-bond acceptors (Lipinski definition) is 4. The normalized spacial score (nSPS) is 10.4. The Morgan fingerprint density at radius 3 is 2.45 bits per heavy atom. The van der Waals surface area contributed by atoms with E-state index in [1.54, 1.807) is 12.1 Å². The van der Waals surface area contributed by atoms with Gasteiger partial charge in [0.25, 0.3) is 0 Å². The molecule has 0 radical (unpaired) electrons. The Bertz CT molecular complexity index is 513. The number of anilines is 1. The molecule has 6 heteroatoms. The van der Waals surface area contributed by atoms with Gasteiger partial charge in [-0.05, 0) is 37.7 Å². The summed E-state index contributed by atoms with van der Waals surface area (Å²) < 4.78 is 5.17. The third-order valence-corrected chi connectivity index (χ3v) is 3.42. The number of benzene rings is 1. The zero-order valence-corrected chi connectivity index (χ0v) is 13.7. The molecule has 0 aliphatic carbocycles. The monoisotopic (exact) mass is 307 g/mol. The lowest BCUT2D eigenvalue weighted by Crippen LogP contribution is -2.40. The van der Waals surface area contributed by atoms with Crippen molar-refractivity contribution in [3.05, 3.63) is 23.8 Å². The van der Waals surface area contributed by atoms with Gasteiger partial charge in [-0.1, -0.05) is 19.9 Å². The fourth-order valence-corrected chi connectivity index (χ4v) is 2.05. The standard InChI is InChI=1S/C16H25N3O3/c1-5-19(6-2)10-9-17-15(20)16(21)18-13-11-12(3)7-8-14(13)22-4/h7-8,11H,5-6,9-10H2,1-4H3,(H,17,20)(H,18,21). The number of carbonyl (C=O) groups excluding carboxylic acids is 2. The number of nitrogens with one attached hydrogen (secondary N) is 2. The third-order valence-electron chi connectivity index (χ3n) is 3.42. The fraction of sp³-hybridized carbons (Fsp3) is 0.500. The van der Waals surface area contributed by atoms with E-state index in [1.807, 2.05) is 13.0 Å². The summed E-state index contributed by atoms with van der Waals surface area (Å²) in [5.74, 6) is -0.811. The van der Waals surface area contributed by atoms with E-state index in [1.165, 1.54) is 7.11 Å². The average molecular weight is 307 g/mol. The Hall–Kier alpha value is -2.08. The van der Waals surface area contributed by atoms with Crippen LogP contribution < -0.4 is 15.4 Å². The maximum Gasteiger partial charge on any atom is 0.313 e. The van der Waals surface area contributed by atoms with Crippen LogP contribution in [0.25, 0.3) is 0 Å². The predicted molar refractivity (Wildman–Crippen MR) is 87.2 cm³/mol. The first kappa shape index (κ1) is 18.0. The van der Waals surface area contributed by atoms with Crippen LogP contribution in [0.2, 0.25) is 0 Å². The van der Waals surface area contributed by atoms with Gasteiger partial charge < -0.3 is 20.3 Å². The Morgan fingerprint density at radius 2 is 1.86 bits per heavy atom. The summed E-state index contributed by atoms with van der Waals surface area (Å²) >= 11 is 0. The molecule has 1 aromatic carbocycles. The van der Waals surface area contributed by atoms with Crippen LogP contribution in [0, 0.1) is 6.92 Å². The van der Waals surface area contributed by atoms with Crippen LogP contribution in [0.3, 0.4) is 0 Å². The highest BCUT2D eigenvalue weighted by molar-refractivity contribution is 6.39. The first-order valence-corrected chi connectivity index (χ1v) is 7.48. The van der Waals surface area contributed by atoms with E-state index < -0.39 is 11.8 Å². The molecule has 0 unspecified atom stereocenters. The van der Waals surface area contributed by atoms with E-state index >= 15 is 0 Å². The molecule has 0 saturated heterocycles. The number of aryl methyl sites for hydroxylation is 1. The van der Waals surface area contributed by atoms with Gasteiger partial charge >= 0.3 is 11.8 Å². The summed E-state index contributed by atoms with van der Waals surface area (Å²) in [5.41, 5.74) is 1.46. The van der Waals surface area contributed by atoms with Gasteiger partial charge in [-0.25, -0.2) is 0 Å². The summed E-state index contributed by atoms with van der Waals surface area (Å²) in [6, 6.07) is 5.39. The highest BCUT2D eigenvalue weighted by Gasteiger charge is 2.15. The van der Waals surface area contributed by atoms with Crippen molar-refractivity contribution in [2.45, 2.75) is 20.8 Å². The molecule has 0 aliphatic rings. The van der Waals surface area contributed by atoms with Crippen LogP contribution in [0.1, 0.15) is 19.4 Å². The van der Waals surface area contributed by atoms with Gasteiger partial charge in [0, 0.05) is 13.1 Å². The number of hydrogen-bond donors (Lipinski definition) is 2. The van der Waals surface area contributed by atoms with Crippen LogP contribution >= 0.6 is 0 Å². The maximum atomic E-state index is 11.9. The molecule has 1 rings (SSSR count). The van der Waals surface area contributed by atoms with Crippen LogP contribution in [-0.2, 0) is 9.59 Å². The second kappa shape index (κ2) is 9.04. The molecule has 0 saturated carbocycles. The lowest BCUT2D eigenvalue weighted by Gasteiger charge is -2.17. The molecule has 6 nitrogen and oxygen atoms in total. The third kappa shape index (κ3) is 5.37. The molecule has 2 amide bonds. The van der Waals surface area contributed by atoms with E-state index in [0.717, 1.165) is 25.2 Å². The minimum Gasteiger partial charge on any atom is -0.495 e. The molecule has 0 fully saturated rings. The Balaban J connectivity index is 2.54. The lowest BCUT2D eigenvalue weighted by atomic mass is 10.2. The van der Waals surface area contributed by atoms with Crippen molar-refractivity contribution in [1.29, 1.82) is 0 Å². The average Bonchev–Trinajstić information content (AvgIpc) is 2.51. The van der Waals surface area contributed by atoms with Gasteiger partial charge in [0.1, 0.15) is 5.75 Å². The fourth-order valence-electron chi connectivity index (χ4n) is 2.05. The summed E-state index contributed by atoms with van der Waals surface area (Å²) in [6.45, 7) is 9.01. The molecular weight excluding hydrogens is 282 g/mol. The predicted octanol–water partition coefficient (Wildman–Crippen LogP) is 1.40. The summed E-state index contributed by atoms with van der Waals surface area (Å²) in [4.78, 5) is 25.9. The molecule has 0 atom stereocenters. The maximum absolute atomic E-state index is 11.9. The number of amides is 2. The Kier molecular flexibility index (Phi) is 7.39. The van der Waals surface area contributed by atoms with Gasteiger partial charge in [-0.3, -0.25) is 9.59 Å². The minimum absolute atomic E-state index is 0.443. The lowest BCUT2D eigenvalue weighted by molar-refractivity contribution is -0.136. The number of methoxy groups -OCH3 is 1. The van der Waals surface area contributed by atoms with Gasteiger partial charge in [-0.2, -0.15) is 0 Å². The van der Waals surface area contributed by atoms with E-state index in [9.17, 15) is 9.59 Å². The summed E-state index contributed by atoms with van der Waals surface area (Å²) in [6.07, 6.45) is 0. The Morgan fingerprint density at radius 1 is 1.18 bits per heavy atom. The number of rotatable bonds is 7. The minimum atomic E-state index is -0.691. The van der Waals surface area contributed by atoms with Crippen molar-refractivity contribution < 1.29 is 14.3 Å². The summed E-state index contributed by atoms with van der Waals surface area (Å²) in [5, 5.41) is 5.20. The van der Waals surface area contributed by atoms with Gasteiger partial charge in [0.2, 0.25) is 0 Å². The van der Waals surface area contributed by atoms with E-state index in [0.29, 0.717) is 18.0 Å². The van der Waals surface area contributed by atoms with Gasteiger partial charge in [-0.15, -0.1) is 0 Å². The Labute approximate surface area is 131 Å². The molecule has 0 aromatic heterocycles. The number of carbonyl (C=O) groups is 2. The van der Waals surface area contributed by atoms with Crippen LogP contribution in [-0.4, -0.2) is 50.0 Å². The van der Waals surface area contributed by atoms with E-state index in [2.05, 4.69) is 29.4 Å². The number of likely N-dealkylation sites (N-methyl/N-ethyl adjacent to an activating group) is 1. The second-order valence-electron chi connectivity index (χ2n) is 4.94. The molecule has 22 heavy (non-hydrogen) atoms. The highest BCUT2D eigenvalue weighted by atomic mass is 16.5. The van der Waals surface area contributed by atoms with Crippen LogP contribution in [0.15, 0.2) is 18.2 Å². The first-order valence-electron chi connectivity index (χ1n) is 7.48. The SMILES string of the molecule is CCN(CC)CCNC(=O)C(=O)Nc1cc(C)ccc1OC. The van der Waals surface area contributed by atoms with E-state index in [4.69, 9.17) is 4.74 Å². The van der Waals surface area contributed by atoms with Crippen LogP contribution in [0.5, 0.6) is 5.75 Å². The highest BCUT2D eigenvalue weighted by Crippen LogP contribution is 2.24. The van der Waals surface area contributed by atoms with Crippen molar-refractivity contribution in [2.24, 2.45) is 0 Å². The molecule has 1 aromatic rings. The topological polar surface area (TPSA) is 70.7 Å². The molecule has 2 N–H and O–H groups in total. The quantitative estimate of drug-likeness (QED) is 0.747. The molecule has 0 bridgehead atoms. The van der Waals surface area contributed by atoms with Crippen molar-refractivity contribution >= 4 is 17.5 Å². The van der Waals surface area contributed by atoms with Gasteiger partial charge in [0.05, 0.1) is 12.8 Å². The molecular formula is C16H25N3O3. The largest absolute Gasteiger partial charge is 0.495 e. The van der Waals surface area contributed by atoms with Crippen molar-refractivity contribution in [3.63, 3.8) is 0 Å². The number of ether oxygens (including phenoxy) is 1. The van der Waals surface area contributed by atoms with Crippen molar-refractivity contribution in [2.75, 3.05) is 38.6 Å². The first-order chi connectivity index (χ1) is 10.5. The molecule has 0 spiro atoms. The van der Waals surface area contributed by atoms with Crippen molar-refractivity contribution in [3.8, 4) is 5.75 Å². The summed E-state index contributed by atoms with van der Waals surface area (Å²) in [7, 11) is 1.52. The van der Waals surface area contributed by atoms with Crippen LogP contribution in [0.4, 0.5) is 5.69 Å². The van der Waals surface area contributed by atoms with E-state index in [-0.39, 0.29) is 0 Å². The molecule has 0 aliphatic heterocycles. The van der Waals surface area contributed by atoms with Gasteiger partial charge in [0.15, 0.2) is 0 Å². The zero-order chi connectivity index (χ0) is 16.5. The smallest absolute Gasteiger partial charge is 0.313 e. The zero-order valence-electron chi connectivity index (χ0n) is 13.7.